The third kappa shape index (κ3) is 5.41. The van der Waals surface area contributed by atoms with Gasteiger partial charge in [-0.25, -0.2) is 0 Å². The van der Waals surface area contributed by atoms with Crippen molar-refractivity contribution in [3.05, 3.63) is 59.1 Å². The fraction of sp³-hybridized carbons (Fsp3) is 0.211. The maximum Gasteiger partial charge on any atom is 0.573 e. The molecule has 1 aliphatic rings. The number of halogens is 4. The fourth-order valence-corrected chi connectivity index (χ4v) is 2.98. The summed E-state index contributed by atoms with van der Waals surface area (Å²) in [4.78, 5) is 38.0. The monoisotopic (exact) mass is 441 g/mol. The van der Waals surface area contributed by atoms with E-state index in [0.29, 0.717) is 10.7 Å². The van der Waals surface area contributed by atoms with Crippen LogP contribution in [0.3, 0.4) is 0 Å². The van der Waals surface area contributed by atoms with Crippen molar-refractivity contribution in [1.82, 2.24) is 10.9 Å². The van der Waals surface area contributed by atoms with E-state index in [2.05, 4.69) is 15.6 Å². The number of hydrogen-bond donors (Lipinski definition) is 2. The zero-order valence-corrected chi connectivity index (χ0v) is 16.0. The van der Waals surface area contributed by atoms with Crippen LogP contribution in [-0.2, 0) is 9.59 Å². The summed E-state index contributed by atoms with van der Waals surface area (Å²) in [5, 5.41) is 0.514. The van der Waals surface area contributed by atoms with Gasteiger partial charge >= 0.3 is 6.36 Å². The summed E-state index contributed by atoms with van der Waals surface area (Å²) in [5.74, 6) is -2.71. The molecule has 0 saturated carbocycles. The second kappa shape index (κ2) is 8.62. The molecule has 1 fully saturated rings. The molecule has 11 heteroatoms. The summed E-state index contributed by atoms with van der Waals surface area (Å²) in [5.41, 5.74) is 5.01. The lowest BCUT2D eigenvalue weighted by Crippen LogP contribution is -2.45. The Labute approximate surface area is 173 Å². The van der Waals surface area contributed by atoms with Gasteiger partial charge in [0.2, 0.25) is 11.8 Å². The number of hydrazine groups is 1. The van der Waals surface area contributed by atoms with E-state index in [-0.39, 0.29) is 24.4 Å². The van der Waals surface area contributed by atoms with Crippen LogP contribution in [0.2, 0.25) is 5.02 Å². The molecule has 158 valence electrons. The smallest absolute Gasteiger partial charge is 0.406 e. The zero-order valence-electron chi connectivity index (χ0n) is 15.2. The molecular weight excluding hydrogens is 427 g/mol. The second-order valence-corrected chi connectivity index (χ2v) is 6.83. The molecule has 0 bridgehead atoms. The molecular formula is C19H15ClF3N3O4. The van der Waals surface area contributed by atoms with E-state index >= 15 is 0 Å². The molecule has 30 heavy (non-hydrogen) atoms. The maximum absolute atomic E-state index is 12.3. The molecule has 0 aliphatic carbocycles. The van der Waals surface area contributed by atoms with Gasteiger partial charge in [-0.05, 0) is 48.5 Å². The highest BCUT2D eigenvalue weighted by Crippen LogP contribution is 2.26. The number of amides is 3. The normalized spacial score (nSPS) is 16.3. The summed E-state index contributed by atoms with van der Waals surface area (Å²) < 4.78 is 40.2. The largest absolute Gasteiger partial charge is 0.573 e. The first kappa shape index (κ1) is 21.4. The summed E-state index contributed by atoms with van der Waals surface area (Å²) >= 11 is 5.83. The van der Waals surface area contributed by atoms with Crippen LogP contribution >= 0.6 is 11.6 Å². The third-order valence-corrected chi connectivity index (χ3v) is 4.54. The number of rotatable bonds is 4. The summed E-state index contributed by atoms with van der Waals surface area (Å²) in [6, 6.07) is 10.8. The van der Waals surface area contributed by atoms with Crippen molar-refractivity contribution in [2.45, 2.75) is 12.8 Å². The van der Waals surface area contributed by atoms with Gasteiger partial charge in [0, 0.05) is 29.2 Å². The zero-order chi connectivity index (χ0) is 21.9. The first-order valence-electron chi connectivity index (χ1n) is 8.64. The topological polar surface area (TPSA) is 87.7 Å². The lowest BCUT2D eigenvalue weighted by atomic mass is 10.1. The lowest BCUT2D eigenvalue weighted by Gasteiger charge is -2.17. The number of carbonyl (C=O) groups is 3. The van der Waals surface area contributed by atoms with Crippen LogP contribution < -0.4 is 20.5 Å². The first-order chi connectivity index (χ1) is 14.1. The predicted octanol–water partition coefficient (Wildman–Crippen LogP) is 3.05. The Hall–Kier alpha value is -3.27. The van der Waals surface area contributed by atoms with Crippen LogP contribution in [0.4, 0.5) is 18.9 Å². The van der Waals surface area contributed by atoms with Gasteiger partial charge in [-0.15, -0.1) is 13.2 Å². The molecule has 2 aromatic rings. The Morgan fingerprint density at radius 2 is 1.67 bits per heavy atom. The van der Waals surface area contributed by atoms with Gasteiger partial charge in [0.25, 0.3) is 5.91 Å². The van der Waals surface area contributed by atoms with Crippen molar-refractivity contribution >= 4 is 35.0 Å². The minimum absolute atomic E-state index is 0.00936. The Morgan fingerprint density at radius 1 is 1.03 bits per heavy atom. The van der Waals surface area contributed by atoms with Crippen LogP contribution in [0.1, 0.15) is 16.8 Å². The first-order valence-corrected chi connectivity index (χ1v) is 9.02. The number of nitrogens with zero attached hydrogens (tertiary/aromatic N) is 1. The highest BCUT2D eigenvalue weighted by Gasteiger charge is 2.35. The number of hydrogen-bond acceptors (Lipinski definition) is 4. The van der Waals surface area contributed by atoms with Crippen molar-refractivity contribution < 1.29 is 32.3 Å². The number of anilines is 1. The summed E-state index contributed by atoms with van der Waals surface area (Å²) in [6.07, 6.45) is -4.87. The van der Waals surface area contributed by atoms with Gasteiger partial charge in [0.15, 0.2) is 0 Å². The van der Waals surface area contributed by atoms with Gasteiger partial charge in [0.05, 0.1) is 5.92 Å². The molecule has 3 amide bonds. The minimum Gasteiger partial charge on any atom is -0.406 e. The summed E-state index contributed by atoms with van der Waals surface area (Å²) in [7, 11) is 0. The third-order valence-electron chi connectivity index (χ3n) is 4.28. The van der Waals surface area contributed by atoms with E-state index in [0.717, 1.165) is 24.3 Å². The van der Waals surface area contributed by atoms with Gasteiger partial charge in [-0.1, -0.05) is 11.6 Å². The van der Waals surface area contributed by atoms with E-state index in [1.165, 1.54) is 4.90 Å². The SMILES string of the molecule is O=C(NNC(=O)C1CC(=O)N(c2ccc(Cl)cc2)C1)c1ccc(OC(F)(F)F)cc1. The highest BCUT2D eigenvalue weighted by atomic mass is 35.5. The van der Waals surface area contributed by atoms with E-state index < -0.39 is 29.8 Å². The minimum atomic E-state index is -4.84. The van der Waals surface area contributed by atoms with Gasteiger partial charge in [-0.2, -0.15) is 0 Å². The average molecular weight is 442 g/mol. The van der Waals surface area contributed by atoms with Crippen molar-refractivity contribution in [1.29, 1.82) is 0 Å². The van der Waals surface area contributed by atoms with Crippen molar-refractivity contribution in [2.24, 2.45) is 5.92 Å². The molecule has 1 aliphatic heterocycles. The maximum atomic E-state index is 12.3. The second-order valence-electron chi connectivity index (χ2n) is 6.40. The van der Waals surface area contributed by atoms with Crippen LogP contribution in [0.15, 0.2) is 48.5 Å². The molecule has 2 aromatic carbocycles. The number of benzene rings is 2. The number of nitrogens with one attached hydrogen (secondary N) is 2. The Bertz CT molecular complexity index is 949. The van der Waals surface area contributed by atoms with Crippen LogP contribution in [0.25, 0.3) is 0 Å². The van der Waals surface area contributed by atoms with Gasteiger partial charge in [-0.3, -0.25) is 25.2 Å². The van der Waals surface area contributed by atoms with Crippen LogP contribution in [-0.4, -0.2) is 30.6 Å². The van der Waals surface area contributed by atoms with E-state index in [1.807, 2.05) is 0 Å². The highest BCUT2D eigenvalue weighted by molar-refractivity contribution is 6.30. The number of alkyl halides is 3. The van der Waals surface area contributed by atoms with Crippen molar-refractivity contribution in [3.63, 3.8) is 0 Å². The van der Waals surface area contributed by atoms with E-state index in [1.54, 1.807) is 24.3 Å². The Balaban J connectivity index is 1.53. The molecule has 3 rings (SSSR count). The summed E-state index contributed by atoms with van der Waals surface area (Å²) in [6.45, 7) is 0.131. The van der Waals surface area contributed by atoms with Crippen molar-refractivity contribution in [3.8, 4) is 5.75 Å². The number of ether oxygens (including phenoxy) is 1. The van der Waals surface area contributed by atoms with Crippen LogP contribution in [0, 0.1) is 5.92 Å². The standard InChI is InChI=1S/C19H15ClF3N3O4/c20-13-3-5-14(6-4-13)26-10-12(9-16(26)27)18(29)25-24-17(28)11-1-7-15(8-2-11)30-19(21,22)23/h1-8,12H,9-10H2,(H,24,28)(H,25,29). The van der Waals surface area contributed by atoms with Crippen LogP contribution in [0.5, 0.6) is 5.75 Å². The molecule has 0 spiro atoms. The molecule has 0 radical (unpaired) electrons. The number of carbonyl (C=O) groups excluding carboxylic acids is 3. The Kier molecular flexibility index (Phi) is 6.16. The van der Waals surface area contributed by atoms with Gasteiger partial charge < -0.3 is 9.64 Å². The molecule has 1 saturated heterocycles. The van der Waals surface area contributed by atoms with E-state index in [4.69, 9.17) is 11.6 Å². The van der Waals surface area contributed by atoms with Crippen molar-refractivity contribution in [2.75, 3.05) is 11.4 Å². The Morgan fingerprint density at radius 3 is 2.27 bits per heavy atom. The molecule has 7 nitrogen and oxygen atoms in total. The molecule has 2 N–H and O–H groups in total. The molecule has 0 aromatic heterocycles. The molecule has 1 heterocycles. The predicted molar refractivity (Wildman–Crippen MR) is 101 cm³/mol. The average Bonchev–Trinajstić information content (AvgIpc) is 3.07. The quantitative estimate of drug-likeness (QED) is 0.714. The molecule has 1 atom stereocenters. The molecule has 1 unspecified atom stereocenters. The van der Waals surface area contributed by atoms with E-state index in [9.17, 15) is 27.6 Å². The van der Waals surface area contributed by atoms with Gasteiger partial charge in [0.1, 0.15) is 5.75 Å². The fourth-order valence-electron chi connectivity index (χ4n) is 2.85. The lowest BCUT2D eigenvalue weighted by molar-refractivity contribution is -0.274.